The third-order valence-electron chi connectivity index (χ3n) is 3.72. The fraction of sp³-hybridized carbons (Fsp3) is 0. The summed E-state index contributed by atoms with van der Waals surface area (Å²) < 4.78 is 2.07. The van der Waals surface area contributed by atoms with Gasteiger partial charge < -0.3 is 4.57 Å². The Hall–Kier alpha value is -3.27. The van der Waals surface area contributed by atoms with Crippen LogP contribution in [0.1, 0.15) is 0 Å². The van der Waals surface area contributed by atoms with Crippen molar-refractivity contribution in [3.8, 4) is 28.2 Å². The summed E-state index contributed by atoms with van der Waals surface area (Å²) in [7, 11) is 0. The van der Waals surface area contributed by atoms with E-state index in [1.54, 1.807) is 0 Å². The lowest BCUT2D eigenvalue weighted by atomic mass is 10.0. The Morgan fingerprint density at radius 3 is 2.17 bits per heavy atom. The molecule has 2 aromatic heterocycles. The van der Waals surface area contributed by atoms with E-state index >= 15 is 0 Å². The molecule has 0 N–H and O–H groups in total. The third-order valence-corrected chi connectivity index (χ3v) is 3.72. The first-order valence-corrected chi connectivity index (χ1v) is 7.37. The zero-order chi connectivity index (χ0) is 15.5. The number of hydrogen-bond acceptors (Lipinski definition) is 3. The molecule has 4 rings (SSSR count). The van der Waals surface area contributed by atoms with Gasteiger partial charge in [-0.3, -0.25) is 0 Å². The van der Waals surface area contributed by atoms with Gasteiger partial charge >= 0.3 is 0 Å². The van der Waals surface area contributed by atoms with Crippen LogP contribution in [-0.2, 0) is 0 Å². The van der Waals surface area contributed by atoms with Crippen molar-refractivity contribution in [3.05, 3.63) is 85.7 Å². The van der Waals surface area contributed by atoms with Crippen molar-refractivity contribution in [1.29, 1.82) is 0 Å². The van der Waals surface area contributed by atoms with Gasteiger partial charge in [-0.05, 0) is 35.4 Å². The van der Waals surface area contributed by atoms with Crippen molar-refractivity contribution in [3.63, 3.8) is 0 Å². The number of nitrogens with zero attached hydrogens (tertiary/aromatic N) is 4. The highest BCUT2D eigenvalue weighted by atomic mass is 15.0. The number of hydrogen-bond donors (Lipinski definition) is 0. The SMILES string of the molecule is c1ccc(-c2ccc(-c3ncncn3)c(-n3cccc3)c2)cc1. The topological polar surface area (TPSA) is 43.6 Å². The fourth-order valence-corrected chi connectivity index (χ4v) is 2.62. The van der Waals surface area contributed by atoms with E-state index in [4.69, 9.17) is 0 Å². The van der Waals surface area contributed by atoms with Crippen molar-refractivity contribution < 1.29 is 0 Å². The molecule has 0 amide bonds. The monoisotopic (exact) mass is 298 g/mol. The number of rotatable bonds is 3. The van der Waals surface area contributed by atoms with Crippen LogP contribution in [0.15, 0.2) is 85.7 Å². The lowest BCUT2D eigenvalue weighted by Crippen LogP contribution is -1.98. The van der Waals surface area contributed by atoms with Gasteiger partial charge in [-0.1, -0.05) is 36.4 Å². The third kappa shape index (κ3) is 2.62. The fourth-order valence-electron chi connectivity index (χ4n) is 2.62. The summed E-state index contributed by atoms with van der Waals surface area (Å²) in [6.07, 6.45) is 7.09. The molecule has 2 aromatic carbocycles. The summed E-state index contributed by atoms with van der Waals surface area (Å²) >= 11 is 0. The molecular weight excluding hydrogens is 284 g/mol. The van der Waals surface area contributed by atoms with E-state index in [1.807, 2.05) is 42.7 Å². The first-order valence-electron chi connectivity index (χ1n) is 7.37. The summed E-state index contributed by atoms with van der Waals surface area (Å²) in [6, 6.07) is 20.7. The Kier molecular flexibility index (Phi) is 3.41. The molecule has 4 heteroatoms. The van der Waals surface area contributed by atoms with Gasteiger partial charge in [0.05, 0.1) is 5.69 Å². The molecule has 23 heavy (non-hydrogen) atoms. The Bertz CT molecular complexity index is 901. The summed E-state index contributed by atoms with van der Waals surface area (Å²) in [5, 5.41) is 0. The van der Waals surface area contributed by atoms with Gasteiger partial charge in [-0.25, -0.2) is 15.0 Å². The van der Waals surface area contributed by atoms with Crippen LogP contribution < -0.4 is 0 Å². The molecule has 0 bridgehead atoms. The van der Waals surface area contributed by atoms with Gasteiger partial charge in [0.15, 0.2) is 5.82 Å². The minimum Gasteiger partial charge on any atom is -0.323 e. The minimum absolute atomic E-state index is 0.670. The average Bonchev–Trinajstić information content (AvgIpc) is 3.17. The van der Waals surface area contributed by atoms with Gasteiger partial charge in [0.25, 0.3) is 0 Å². The molecular formula is C19H14N4. The molecule has 4 nitrogen and oxygen atoms in total. The van der Waals surface area contributed by atoms with Crippen LogP contribution in [0.3, 0.4) is 0 Å². The highest BCUT2D eigenvalue weighted by Crippen LogP contribution is 2.29. The second kappa shape index (κ2) is 5.85. The Morgan fingerprint density at radius 2 is 1.43 bits per heavy atom. The van der Waals surface area contributed by atoms with Crippen LogP contribution in [-0.4, -0.2) is 19.5 Å². The van der Waals surface area contributed by atoms with Gasteiger partial charge in [0.1, 0.15) is 12.7 Å². The van der Waals surface area contributed by atoms with Crippen molar-refractivity contribution in [1.82, 2.24) is 19.5 Å². The van der Waals surface area contributed by atoms with Crippen molar-refractivity contribution in [2.45, 2.75) is 0 Å². The largest absolute Gasteiger partial charge is 0.323 e. The molecule has 2 heterocycles. The molecule has 0 aliphatic carbocycles. The Morgan fingerprint density at radius 1 is 0.696 bits per heavy atom. The number of benzene rings is 2. The molecule has 0 saturated carbocycles. The minimum atomic E-state index is 0.670. The standard InChI is InChI=1S/C19H14N4/c1-2-6-15(7-3-1)16-8-9-17(19-21-13-20-14-22-19)18(12-16)23-10-4-5-11-23/h1-14H. The smallest absolute Gasteiger partial charge is 0.164 e. The molecule has 4 aromatic rings. The average molecular weight is 298 g/mol. The summed E-state index contributed by atoms with van der Waals surface area (Å²) in [4.78, 5) is 12.5. The van der Waals surface area contributed by atoms with E-state index in [0.717, 1.165) is 16.8 Å². The van der Waals surface area contributed by atoms with Crippen LogP contribution >= 0.6 is 0 Å². The molecule has 0 fully saturated rings. The van der Waals surface area contributed by atoms with Gasteiger partial charge in [-0.2, -0.15) is 0 Å². The normalized spacial score (nSPS) is 10.6. The van der Waals surface area contributed by atoms with Crippen LogP contribution in [0.4, 0.5) is 0 Å². The van der Waals surface area contributed by atoms with Crippen LogP contribution in [0.25, 0.3) is 28.2 Å². The molecule has 0 aliphatic rings. The van der Waals surface area contributed by atoms with Crippen molar-refractivity contribution in [2.75, 3.05) is 0 Å². The van der Waals surface area contributed by atoms with Gasteiger partial charge in [0.2, 0.25) is 0 Å². The molecule has 110 valence electrons. The molecule has 0 radical (unpaired) electrons. The maximum atomic E-state index is 4.29. The molecule has 0 unspecified atom stereocenters. The highest BCUT2D eigenvalue weighted by Gasteiger charge is 2.11. The maximum absolute atomic E-state index is 4.29. The number of aromatic nitrogens is 4. The van der Waals surface area contributed by atoms with Crippen LogP contribution in [0.2, 0.25) is 0 Å². The van der Waals surface area contributed by atoms with Crippen molar-refractivity contribution >= 4 is 0 Å². The van der Waals surface area contributed by atoms with E-state index in [2.05, 4.69) is 49.9 Å². The van der Waals surface area contributed by atoms with Crippen LogP contribution in [0.5, 0.6) is 0 Å². The van der Waals surface area contributed by atoms with Gasteiger partial charge in [0, 0.05) is 18.0 Å². The summed E-state index contributed by atoms with van der Waals surface area (Å²) in [6.45, 7) is 0. The second-order valence-corrected chi connectivity index (χ2v) is 5.15. The summed E-state index contributed by atoms with van der Waals surface area (Å²) in [5.41, 5.74) is 4.36. The first-order chi connectivity index (χ1) is 11.4. The molecule has 0 spiro atoms. The second-order valence-electron chi connectivity index (χ2n) is 5.15. The molecule has 0 aliphatic heterocycles. The predicted molar refractivity (Wildman–Crippen MR) is 90.0 cm³/mol. The zero-order valence-electron chi connectivity index (χ0n) is 12.4. The van der Waals surface area contributed by atoms with E-state index in [1.165, 1.54) is 18.2 Å². The lowest BCUT2D eigenvalue weighted by molar-refractivity contribution is 1.03. The Balaban J connectivity index is 1.91. The zero-order valence-corrected chi connectivity index (χ0v) is 12.4. The molecule has 0 atom stereocenters. The predicted octanol–water partition coefficient (Wildman–Crippen LogP) is 4.00. The molecule has 0 saturated heterocycles. The quantitative estimate of drug-likeness (QED) is 0.574. The Labute approximate surface area is 134 Å². The van der Waals surface area contributed by atoms with E-state index < -0.39 is 0 Å². The van der Waals surface area contributed by atoms with Crippen LogP contribution in [0, 0.1) is 0 Å². The van der Waals surface area contributed by atoms with E-state index in [9.17, 15) is 0 Å². The maximum Gasteiger partial charge on any atom is 0.164 e. The van der Waals surface area contributed by atoms with E-state index in [-0.39, 0.29) is 0 Å². The lowest BCUT2D eigenvalue weighted by Gasteiger charge is -2.12. The van der Waals surface area contributed by atoms with Gasteiger partial charge in [-0.15, -0.1) is 0 Å². The van der Waals surface area contributed by atoms with E-state index in [0.29, 0.717) is 5.82 Å². The highest BCUT2D eigenvalue weighted by molar-refractivity contribution is 5.75. The first kappa shape index (κ1) is 13.4. The van der Waals surface area contributed by atoms with Crippen molar-refractivity contribution in [2.24, 2.45) is 0 Å². The summed E-state index contributed by atoms with van der Waals surface area (Å²) in [5.74, 6) is 0.670.